The Hall–Kier alpha value is -1.10. The molecule has 15 heavy (non-hydrogen) atoms. The molecule has 2 heterocycles. The lowest BCUT2D eigenvalue weighted by Gasteiger charge is -2.31. The van der Waals surface area contributed by atoms with E-state index in [4.69, 9.17) is 5.11 Å². The van der Waals surface area contributed by atoms with Gasteiger partial charge in [-0.15, -0.1) is 0 Å². The highest BCUT2D eigenvalue weighted by Crippen LogP contribution is 2.18. The van der Waals surface area contributed by atoms with Crippen LogP contribution in [0.2, 0.25) is 0 Å². The SMILES string of the molecule is O=C1CCN(C2CCN(C(=O)O)C2)CC1. The lowest BCUT2D eigenvalue weighted by Crippen LogP contribution is -2.43. The highest BCUT2D eigenvalue weighted by molar-refractivity contribution is 5.79. The first-order valence-electron chi connectivity index (χ1n) is 5.40. The third-order valence-corrected chi connectivity index (χ3v) is 3.31. The van der Waals surface area contributed by atoms with Gasteiger partial charge in [-0.25, -0.2) is 4.79 Å². The van der Waals surface area contributed by atoms with Crippen molar-refractivity contribution in [1.82, 2.24) is 9.80 Å². The van der Waals surface area contributed by atoms with Crippen LogP contribution in [-0.2, 0) is 4.79 Å². The van der Waals surface area contributed by atoms with E-state index < -0.39 is 6.09 Å². The number of carbonyl (C=O) groups excluding carboxylic acids is 1. The van der Waals surface area contributed by atoms with Crippen LogP contribution in [0.15, 0.2) is 0 Å². The molecule has 5 nitrogen and oxygen atoms in total. The Labute approximate surface area is 88.6 Å². The molecule has 2 aliphatic heterocycles. The first-order chi connectivity index (χ1) is 7.16. The number of carboxylic acid groups (broad SMARTS) is 1. The molecule has 0 aromatic carbocycles. The number of piperidine rings is 1. The Morgan fingerprint density at radius 2 is 1.93 bits per heavy atom. The van der Waals surface area contributed by atoms with Gasteiger partial charge < -0.3 is 10.0 Å². The van der Waals surface area contributed by atoms with Crippen LogP contribution in [0.25, 0.3) is 0 Å². The molecular weight excluding hydrogens is 196 g/mol. The summed E-state index contributed by atoms with van der Waals surface area (Å²) >= 11 is 0. The highest BCUT2D eigenvalue weighted by atomic mass is 16.4. The largest absolute Gasteiger partial charge is 0.465 e. The van der Waals surface area contributed by atoms with Crippen LogP contribution < -0.4 is 0 Å². The van der Waals surface area contributed by atoms with E-state index in [-0.39, 0.29) is 0 Å². The summed E-state index contributed by atoms with van der Waals surface area (Å²) in [5.41, 5.74) is 0. The van der Waals surface area contributed by atoms with Crippen LogP contribution in [0.4, 0.5) is 4.79 Å². The molecule has 1 amide bonds. The number of rotatable bonds is 1. The Morgan fingerprint density at radius 3 is 2.47 bits per heavy atom. The number of amides is 1. The molecule has 2 rings (SSSR count). The standard InChI is InChI=1S/C10H16N2O3/c13-9-2-5-11(6-3-9)8-1-4-12(7-8)10(14)15/h8H,1-7H2,(H,14,15). The molecule has 1 N–H and O–H groups in total. The van der Waals surface area contributed by atoms with Crippen LogP contribution in [0, 0.1) is 0 Å². The second-order valence-corrected chi connectivity index (χ2v) is 4.25. The Balaban J connectivity index is 1.85. The van der Waals surface area contributed by atoms with Crippen LogP contribution in [0.5, 0.6) is 0 Å². The minimum atomic E-state index is -0.828. The van der Waals surface area contributed by atoms with Crippen LogP contribution in [0.1, 0.15) is 19.3 Å². The number of nitrogens with zero attached hydrogens (tertiary/aromatic N) is 2. The van der Waals surface area contributed by atoms with Crippen molar-refractivity contribution >= 4 is 11.9 Å². The molecule has 0 aromatic rings. The predicted octanol–water partition coefficient (Wildman–Crippen LogP) is 0.404. The number of hydrogen-bond acceptors (Lipinski definition) is 3. The van der Waals surface area contributed by atoms with Gasteiger partial charge in [0.15, 0.2) is 0 Å². The van der Waals surface area contributed by atoms with E-state index in [1.807, 2.05) is 0 Å². The van der Waals surface area contributed by atoms with Gasteiger partial charge in [0.25, 0.3) is 0 Å². The molecule has 1 atom stereocenters. The molecule has 0 aromatic heterocycles. The second kappa shape index (κ2) is 4.18. The lowest BCUT2D eigenvalue weighted by molar-refractivity contribution is -0.121. The topological polar surface area (TPSA) is 60.9 Å². The Kier molecular flexibility index (Phi) is 2.90. The quantitative estimate of drug-likeness (QED) is 0.683. The third-order valence-electron chi connectivity index (χ3n) is 3.31. The summed E-state index contributed by atoms with van der Waals surface area (Å²) in [6, 6.07) is 0.328. The summed E-state index contributed by atoms with van der Waals surface area (Å²) < 4.78 is 0. The Morgan fingerprint density at radius 1 is 1.27 bits per heavy atom. The average Bonchev–Trinajstić information content (AvgIpc) is 2.68. The number of Topliss-reactive ketones (excluding diaryl/α,β-unsaturated/α-hetero) is 1. The van der Waals surface area contributed by atoms with E-state index in [1.54, 1.807) is 0 Å². The number of hydrogen-bond donors (Lipinski definition) is 1. The molecule has 2 aliphatic rings. The monoisotopic (exact) mass is 212 g/mol. The summed E-state index contributed by atoms with van der Waals surface area (Å²) in [7, 11) is 0. The fourth-order valence-corrected chi connectivity index (χ4v) is 2.35. The zero-order chi connectivity index (χ0) is 10.8. The van der Waals surface area contributed by atoms with Crippen molar-refractivity contribution in [2.24, 2.45) is 0 Å². The first kappa shape index (κ1) is 10.4. The van der Waals surface area contributed by atoms with Gasteiger partial charge in [-0.1, -0.05) is 0 Å². The summed E-state index contributed by atoms with van der Waals surface area (Å²) in [6.07, 6.45) is 1.33. The number of carbonyl (C=O) groups is 2. The molecule has 0 aliphatic carbocycles. The van der Waals surface area contributed by atoms with Crippen molar-refractivity contribution in [3.8, 4) is 0 Å². The van der Waals surface area contributed by atoms with E-state index in [0.29, 0.717) is 37.8 Å². The maximum Gasteiger partial charge on any atom is 0.407 e. The summed E-state index contributed by atoms with van der Waals surface area (Å²) in [6.45, 7) is 2.84. The maximum atomic E-state index is 11.1. The molecule has 0 spiro atoms. The lowest BCUT2D eigenvalue weighted by atomic mass is 10.1. The maximum absolute atomic E-state index is 11.1. The van der Waals surface area contributed by atoms with Gasteiger partial charge in [-0.05, 0) is 6.42 Å². The van der Waals surface area contributed by atoms with E-state index >= 15 is 0 Å². The van der Waals surface area contributed by atoms with Crippen molar-refractivity contribution in [2.75, 3.05) is 26.2 Å². The molecule has 1 unspecified atom stereocenters. The summed E-state index contributed by atoms with van der Waals surface area (Å²) in [4.78, 5) is 25.5. The number of ketones is 1. The van der Waals surface area contributed by atoms with E-state index in [1.165, 1.54) is 4.90 Å². The molecule has 84 valence electrons. The number of likely N-dealkylation sites (tertiary alicyclic amines) is 2. The fraction of sp³-hybridized carbons (Fsp3) is 0.800. The van der Waals surface area contributed by atoms with Crippen LogP contribution in [-0.4, -0.2) is 59.0 Å². The molecular formula is C10H16N2O3. The molecule has 0 bridgehead atoms. The van der Waals surface area contributed by atoms with Crippen molar-refractivity contribution in [3.63, 3.8) is 0 Å². The van der Waals surface area contributed by atoms with Gasteiger partial charge in [0.2, 0.25) is 0 Å². The second-order valence-electron chi connectivity index (χ2n) is 4.25. The van der Waals surface area contributed by atoms with Gasteiger partial charge >= 0.3 is 6.09 Å². The fourth-order valence-electron chi connectivity index (χ4n) is 2.35. The predicted molar refractivity (Wildman–Crippen MR) is 53.8 cm³/mol. The highest BCUT2D eigenvalue weighted by Gasteiger charge is 2.31. The minimum absolute atomic E-state index is 0.328. The van der Waals surface area contributed by atoms with Gasteiger partial charge in [-0.3, -0.25) is 9.69 Å². The third kappa shape index (κ3) is 2.28. The first-order valence-corrected chi connectivity index (χ1v) is 5.40. The Bertz CT molecular complexity index is 270. The smallest absolute Gasteiger partial charge is 0.407 e. The van der Waals surface area contributed by atoms with Gasteiger partial charge in [0.05, 0.1) is 0 Å². The van der Waals surface area contributed by atoms with Crippen molar-refractivity contribution in [2.45, 2.75) is 25.3 Å². The van der Waals surface area contributed by atoms with Gasteiger partial charge in [0, 0.05) is 45.1 Å². The minimum Gasteiger partial charge on any atom is -0.465 e. The zero-order valence-corrected chi connectivity index (χ0v) is 8.69. The van der Waals surface area contributed by atoms with E-state index in [2.05, 4.69) is 4.90 Å². The summed E-state index contributed by atoms with van der Waals surface area (Å²) in [5.74, 6) is 0.333. The summed E-state index contributed by atoms with van der Waals surface area (Å²) in [5, 5.41) is 8.82. The van der Waals surface area contributed by atoms with Crippen molar-refractivity contribution in [3.05, 3.63) is 0 Å². The van der Waals surface area contributed by atoms with Crippen LogP contribution >= 0.6 is 0 Å². The van der Waals surface area contributed by atoms with Crippen molar-refractivity contribution in [1.29, 1.82) is 0 Å². The van der Waals surface area contributed by atoms with Crippen molar-refractivity contribution < 1.29 is 14.7 Å². The molecule has 5 heteroatoms. The van der Waals surface area contributed by atoms with Crippen LogP contribution in [0.3, 0.4) is 0 Å². The zero-order valence-electron chi connectivity index (χ0n) is 8.69. The molecule has 2 fully saturated rings. The molecule has 0 saturated carbocycles. The van der Waals surface area contributed by atoms with Gasteiger partial charge in [0.1, 0.15) is 5.78 Å². The molecule has 0 radical (unpaired) electrons. The van der Waals surface area contributed by atoms with E-state index in [9.17, 15) is 9.59 Å². The van der Waals surface area contributed by atoms with Gasteiger partial charge in [-0.2, -0.15) is 0 Å². The molecule has 2 saturated heterocycles. The normalized spacial score (nSPS) is 28.4. The van der Waals surface area contributed by atoms with E-state index in [0.717, 1.165) is 19.5 Å². The average molecular weight is 212 g/mol.